The second kappa shape index (κ2) is 4.89. The Morgan fingerprint density at radius 3 is 2.59 bits per heavy atom. The molecule has 0 unspecified atom stereocenters. The van der Waals surface area contributed by atoms with Gasteiger partial charge in [-0.05, 0) is 29.5 Å². The summed E-state index contributed by atoms with van der Waals surface area (Å²) in [5, 5.41) is 1.75. The maximum atomic E-state index is 12.0. The summed E-state index contributed by atoms with van der Waals surface area (Å²) >= 11 is 1.21. The predicted octanol–water partition coefficient (Wildman–Crippen LogP) is 3.11. The molecule has 0 aliphatic heterocycles. The largest absolute Gasteiger partial charge is 0.279 e. The minimum absolute atomic E-state index is 0.336. The topological polar surface area (TPSA) is 46.2 Å². The van der Waals surface area contributed by atoms with Gasteiger partial charge in [0.2, 0.25) is 0 Å². The van der Waals surface area contributed by atoms with Crippen molar-refractivity contribution in [2.75, 3.05) is 4.72 Å². The van der Waals surface area contributed by atoms with Crippen molar-refractivity contribution in [2.45, 2.75) is 17.6 Å². The molecule has 2 aromatic rings. The first kappa shape index (κ1) is 12.1. The standard InChI is InChI=1S/C12H13NO2S2/c1-2-10-6-3-4-7-11(10)13-17(14,15)12-8-5-9-16-12/h3-9,13H,2H2,1H3. The zero-order valence-electron chi connectivity index (χ0n) is 9.38. The van der Waals surface area contributed by atoms with E-state index in [1.54, 1.807) is 23.6 Å². The summed E-state index contributed by atoms with van der Waals surface area (Å²) < 4.78 is 27.0. The highest BCUT2D eigenvalue weighted by molar-refractivity contribution is 7.94. The fourth-order valence-corrected chi connectivity index (χ4v) is 3.63. The minimum atomic E-state index is -3.43. The molecule has 17 heavy (non-hydrogen) atoms. The van der Waals surface area contributed by atoms with Crippen LogP contribution in [-0.2, 0) is 16.4 Å². The van der Waals surface area contributed by atoms with Gasteiger partial charge < -0.3 is 0 Å². The van der Waals surface area contributed by atoms with Gasteiger partial charge in [0, 0.05) is 0 Å². The van der Waals surface area contributed by atoms with Crippen LogP contribution in [-0.4, -0.2) is 8.42 Å². The summed E-state index contributed by atoms with van der Waals surface area (Å²) in [6, 6.07) is 10.8. The molecule has 0 saturated carbocycles. The highest BCUT2D eigenvalue weighted by Crippen LogP contribution is 2.22. The normalized spacial score (nSPS) is 11.4. The Labute approximate surface area is 105 Å². The van der Waals surface area contributed by atoms with Crippen molar-refractivity contribution in [1.82, 2.24) is 0 Å². The van der Waals surface area contributed by atoms with Gasteiger partial charge in [-0.1, -0.05) is 31.2 Å². The van der Waals surface area contributed by atoms with E-state index in [4.69, 9.17) is 0 Å². The van der Waals surface area contributed by atoms with Crippen LogP contribution < -0.4 is 4.72 Å². The van der Waals surface area contributed by atoms with Gasteiger partial charge >= 0.3 is 0 Å². The molecule has 0 radical (unpaired) electrons. The molecule has 90 valence electrons. The number of hydrogen-bond donors (Lipinski definition) is 1. The third-order valence-corrected chi connectivity index (χ3v) is 5.17. The lowest BCUT2D eigenvalue weighted by Gasteiger charge is -2.10. The van der Waals surface area contributed by atoms with Gasteiger partial charge in [-0.25, -0.2) is 8.42 Å². The molecule has 0 aliphatic carbocycles. The monoisotopic (exact) mass is 267 g/mol. The van der Waals surface area contributed by atoms with E-state index < -0.39 is 10.0 Å². The lowest BCUT2D eigenvalue weighted by molar-refractivity contribution is 0.603. The Kier molecular flexibility index (Phi) is 3.49. The van der Waals surface area contributed by atoms with Crippen LogP contribution in [0.3, 0.4) is 0 Å². The average molecular weight is 267 g/mol. The van der Waals surface area contributed by atoms with Gasteiger partial charge in [0.05, 0.1) is 5.69 Å². The number of nitrogens with one attached hydrogen (secondary N) is 1. The summed E-state index contributed by atoms with van der Waals surface area (Å²) in [6.45, 7) is 2.00. The Hall–Kier alpha value is -1.33. The van der Waals surface area contributed by atoms with Crippen LogP contribution >= 0.6 is 11.3 Å². The summed E-state index contributed by atoms with van der Waals surface area (Å²) in [4.78, 5) is 0. The fraction of sp³-hybridized carbons (Fsp3) is 0.167. The highest BCUT2D eigenvalue weighted by Gasteiger charge is 2.16. The van der Waals surface area contributed by atoms with E-state index in [1.165, 1.54) is 11.3 Å². The number of rotatable bonds is 4. The van der Waals surface area contributed by atoms with Crippen LogP contribution in [0.4, 0.5) is 5.69 Å². The average Bonchev–Trinajstić information content (AvgIpc) is 2.83. The number of aryl methyl sites for hydroxylation is 1. The van der Waals surface area contributed by atoms with Crippen molar-refractivity contribution < 1.29 is 8.42 Å². The lowest BCUT2D eigenvalue weighted by Crippen LogP contribution is -2.12. The summed E-state index contributed by atoms with van der Waals surface area (Å²) in [6.07, 6.45) is 0.795. The van der Waals surface area contributed by atoms with E-state index in [9.17, 15) is 8.42 Å². The Bertz CT molecular complexity index is 589. The van der Waals surface area contributed by atoms with E-state index in [0.717, 1.165) is 12.0 Å². The van der Waals surface area contributed by atoms with Gasteiger partial charge in [0.15, 0.2) is 0 Å². The molecule has 0 atom stereocenters. The zero-order valence-corrected chi connectivity index (χ0v) is 11.0. The highest BCUT2D eigenvalue weighted by atomic mass is 32.2. The summed E-state index contributed by atoms with van der Waals surface area (Å²) in [5.74, 6) is 0. The first-order chi connectivity index (χ1) is 8.13. The second-order valence-corrected chi connectivity index (χ2v) is 6.41. The minimum Gasteiger partial charge on any atom is -0.279 e. The number of thiophene rings is 1. The van der Waals surface area contributed by atoms with E-state index >= 15 is 0 Å². The molecular weight excluding hydrogens is 254 g/mol. The predicted molar refractivity (Wildman–Crippen MR) is 70.9 cm³/mol. The number of benzene rings is 1. The molecule has 0 amide bonds. The Balaban J connectivity index is 2.33. The molecule has 1 heterocycles. The number of anilines is 1. The smallest absolute Gasteiger partial charge is 0.271 e. The first-order valence-electron chi connectivity index (χ1n) is 5.27. The molecule has 0 spiro atoms. The molecule has 1 aromatic carbocycles. The summed E-state index contributed by atoms with van der Waals surface area (Å²) in [7, 11) is -3.43. The number of sulfonamides is 1. The molecule has 0 fully saturated rings. The van der Waals surface area contributed by atoms with E-state index in [0.29, 0.717) is 9.90 Å². The molecule has 0 bridgehead atoms. The van der Waals surface area contributed by atoms with Crippen LogP contribution in [0.2, 0.25) is 0 Å². The number of para-hydroxylation sites is 1. The molecule has 5 heteroatoms. The van der Waals surface area contributed by atoms with Crippen LogP contribution in [0.15, 0.2) is 46.0 Å². The maximum absolute atomic E-state index is 12.0. The SMILES string of the molecule is CCc1ccccc1NS(=O)(=O)c1cccs1. The molecule has 0 aliphatic rings. The first-order valence-corrected chi connectivity index (χ1v) is 7.64. The molecule has 1 aromatic heterocycles. The lowest BCUT2D eigenvalue weighted by atomic mass is 10.1. The van der Waals surface area contributed by atoms with Crippen LogP contribution in [0.5, 0.6) is 0 Å². The van der Waals surface area contributed by atoms with Gasteiger partial charge in [-0.2, -0.15) is 0 Å². The molecule has 2 rings (SSSR count). The van der Waals surface area contributed by atoms with E-state index in [2.05, 4.69) is 4.72 Å². The van der Waals surface area contributed by atoms with Crippen molar-refractivity contribution >= 4 is 27.0 Å². The molecule has 0 saturated heterocycles. The van der Waals surface area contributed by atoms with Gasteiger partial charge in [-0.15, -0.1) is 11.3 Å². The van der Waals surface area contributed by atoms with Crippen molar-refractivity contribution in [3.05, 3.63) is 47.3 Å². The third-order valence-electron chi connectivity index (χ3n) is 2.40. The van der Waals surface area contributed by atoms with E-state index in [1.807, 2.05) is 25.1 Å². The van der Waals surface area contributed by atoms with Crippen molar-refractivity contribution in [2.24, 2.45) is 0 Å². The molecule has 1 N–H and O–H groups in total. The second-order valence-electron chi connectivity index (χ2n) is 3.55. The van der Waals surface area contributed by atoms with Crippen LogP contribution in [0.1, 0.15) is 12.5 Å². The van der Waals surface area contributed by atoms with Gasteiger partial charge in [0.1, 0.15) is 4.21 Å². The molecule has 3 nitrogen and oxygen atoms in total. The maximum Gasteiger partial charge on any atom is 0.271 e. The van der Waals surface area contributed by atoms with Gasteiger partial charge in [-0.3, -0.25) is 4.72 Å². The Morgan fingerprint density at radius 2 is 1.94 bits per heavy atom. The number of hydrogen-bond acceptors (Lipinski definition) is 3. The van der Waals surface area contributed by atoms with Crippen LogP contribution in [0, 0.1) is 0 Å². The Morgan fingerprint density at radius 1 is 1.18 bits per heavy atom. The van der Waals surface area contributed by atoms with E-state index in [-0.39, 0.29) is 0 Å². The third kappa shape index (κ3) is 2.68. The molecular formula is C12H13NO2S2. The van der Waals surface area contributed by atoms with Gasteiger partial charge in [0.25, 0.3) is 10.0 Å². The van der Waals surface area contributed by atoms with Crippen molar-refractivity contribution in [3.63, 3.8) is 0 Å². The summed E-state index contributed by atoms with van der Waals surface area (Å²) in [5.41, 5.74) is 1.65. The fourth-order valence-electron chi connectivity index (χ4n) is 1.54. The zero-order chi connectivity index (χ0) is 12.3. The van der Waals surface area contributed by atoms with Crippen LogP contribution in [0.25, 0.3) is 0 Å². The van der Waals surface area contributed by atoms with Crippen molar-refractivity contribution in [3.8, 4) is 0 Å². The quantitative estimate of drug-likeness (QED) is 0.925. The van der Waals surface area contributed by atoms with Crippen molar-refractivity contribution in [1.29, 1.82) is 0 Å².